The number of aryl methyl sites for hydroxylation is 1. The summed E-state index contributed by atoms with van der Waals surface area (Å²) in [5, 5.41) is 0.0887. The average molecular weight is 493 g/mol. The lowest BCUT2D eigenvalue weighted by atomic mass is 9.95. The molecular formula is C24H29ClN2O5S. The number of carbonyl (C=O) groups excluding carboxylic acids is 1. The van der Waals surface area contributed by atoms with E-state index < -0.39 is 10.0 Å². The number of sulfonamides is 1. The Balaban J connectivity index is 1.73. The van der Waals surface area contributed by atoms with Gasteiger partial charge in [-0.3, -0.25) is 4.79 Å². The molecule has 0 spiro atoms. The first kappa shape index (κ1) is 24.0. The van der Waals surface area contributed by atoms with Gasteiger partial charge in [0.05, 0.1) is 30.0 Å². The summed E-state index contributed by atoms with van der Waals surface area (Å²) in [6.07, 6.45) is 1.21. The Morgan fingerprint density at radius 1 is 1.15 bits per heavy atom. The van der Waals surface area contributed by atoms with Crippen molar-refractivity contribution >= 4 is 33.2 Å². The molecule has 178 valence electrons. The maximum absolute atomic E-state index is 13.6. The normalized spacial score (nSPS) is 21.5. The molecule has 1 fully saturated rings. The van der Waals surface area contributed by atoms with Gasteiger partial charge in [0.25, 0.3) is 5.91 Å². The van der Waals surface area contributed by atoms with Crippen LogP contribution in [0, 0.1) is 6.92 Å². The molecule has 33 heavy (non-hydrogen) atoms. The van der Waals surface area contributed by atoms with Crippen LogP contribution in [0.2, 0.25) is 5.02 Å². The Kier molecular flexibility index (Phi) is 6.73. The second kappa shape index (κ2) is 9.25. The molecule has 2 aliphatic rings. The second-order valence-electron chi connectivity index (χ2n) is 8.70. The van der Waals surface area contributed by atoms with Crippen molar-refractivity contribution in [2.75, 3.05) is 31.6 Å². The minimum Gasteiger partial charge on any atom is -0.495 e. The molecule has 2 aromatic rings. The van der Waals surface area contributed by atoms with Crippen LogP contribution in [0.1, 0.15) is 41.8 Å². The predicted molar refractivity (Wildman–Crippen MR) is 128 cm³/mol. The van der Waals surface area contributed by atoms with E-state index in [2.05, 4.69) is 0 Å². The fourth-order valence-electron chi connectivity index (χ4n) is 4.68. The summed E-state index contributed by atoms with van der Waals surface area (Å²) >= 11 is 6.33. The third-order valence-corrected chi connectivity index (χ3v) is 8.52. The van der Waals surface area contributed by atoms with Crippen LogP contribution in [-0.4, -0.2) is 57.6 Å². The number of halogens is 1. The van der Waals surface area contributed by atoms with Gasteiger partial charge in [-0.05, 0) is 69.0 Å². The van der Waals surface area contributed by atoms with E-state index in [9.17, 15) is 13.2 Å². The fraction of sp³-hybridized carbons (Fsp3) is 0.458. The van der Waals surface area contributed by atoms with Gasteiger partial charge in [0.2, 0.25) is 10.0 Å². The topological polar surface area (TPSA) is 76.2 Å². The van der Waals surface area contributed by atoms with Crippen molar-refractivity contribution in [2.45, 2.75) is 50.7 Å². The van der Waals surface area contributed by atoms with Crippen LogP contribution in [0.3, 0.4) is 0 Å². The lowest BCUT2D eigenvalue weighted by molar-refractivity contribution is -0.0440. The van der Waals surface area contributed by atoms with Gasteiger partial charge in [0, 0.05) is 25.2 Å². The van der Waals surface area contributed by atoms with E-state index in [1.165, 1.54) is 16.4 Å². The molecule has 7 nitrogen and oxygen atoms in total. The highest BCUT2D eigenvalue weighted by atomic mass is 35.5. The Labute approximate surface area is 200 Å². The van der Waals surface area contributed by atoms with Crippen LogP contribution < -0.4 is 9.64 Å². The van der Waals surface area contributed by atoms with Crippen molar-refractivity contribution in [2.24, 2.45) is 0 Å². The molecule has 1 amide bonds. The number of nitrogens with zero attached hydrogens (tertiary/aromatic N) is 2. The Morgan fingerprint density at radius 3 is 2.52 bits per heavy atom. The van der Waals surface area contributed by atoms with Crippen LogP contribution in [0.4, 0.5) is 5.69 Å². The highest BCUT2D eigenvalue weighted by molar-refractivity contribution is 7.89. The molecule has 2 unspecified atom stereocenters. The first-order valence-corrected chi connectivity index (χ1v) is 12.9. The van der Waals surface area contributed by atoms with Crippen LogP contribution >= 0.6 is 11.6 Å². The van der Waals surface area contributed by atoms with Gasteiger partial charge >= 0.3 is 0 Å². The zero-order valence-electron chi connectivity index (χ0n) is 19.3. The van der Waals surface area contributed by atoms with Crippen LogP contribution in [0.15, 0.2) is 35.2 Å². The van der Waals surface area contributed by atoms with Gasteiger partial charge in [0.15, 0.2) is 0 Å². The first-order chi connectivity index (χ1) is 15.6. The summed E-state index contributed by atoms with van der Waals surface area (Å²) in [5.74, 6) is 0.346. The maximum atomic E-state index is 13.6. The number of anilines is 1. The Hall–Kier alpha value is -2.13. The van der Waals surface area contributed by atoms with Gasteiger partial charge in [-0.15, -0.1) is 0 Å². The highest BCUT2D eigenvalue weighted by Crippen LogP contribution is 2.39. The van der Waals surface area contributed by atoms with E-state index >= 15 is 0 Å². The van der Waals surface area contributed by atoms with Crippen LogP contribution in [0.5, 0.6) is 5.75 Å². The molecule has 4 rings (SSSR count). The average Bonchev–Trinajstić information content (AvgIpc) is 2.78. The number of ether oxygens (including phenoxy) is 2. The molecule has 2 heterocycles. The molecule has 2 aliphatic heterocycles. The van der Waals surface area contributed by atoms with Gasteiger partial charge in [-0.25, -0.2) is 8.42 Å². The van der Waals surface area contributed by atoms with Crippen molar-refractivity contribution < 1.29 is 22.7 Å². The number of benzene rings is 2. The fourth-order valence-corrected chi connectivity index (χ4v) is 6.77. The minimum atomic E-state index is -3.90. The second-order valence-corrected chi connectivity index (χ2v) is 11.0. The molecule has 9 heteroatoms. The van der Waals surface area contributed by atoms with Gasteiger partial charge in [0.1, 0.15) is 10.6 Å². The Morgan fingerprint density at radius 2 is 1.85 bits per heavy atom. The summed E-state index contributed by atoms with van der Waals surface area (Å²) in [6.45, 7) is 6.68. The molecule has 0 aromatic heterocycles. The monoisotopic (exact) mass is 492 g/mol. The number of rotatable bonds is 4. The van der Waals surface area contributed by atoms with E-state index in [0.29, 0.717) is 12.3 Å². The van der Waals surface area contributed by atoms with Crippen molar-refractivity contribution in [1.29, 1.82) is 0 Å². The quantitative estimate of drug-likeness (QED) is 0.643. The number of hydrogen-bond donors (Lipinski definition) is 0. The van der Waals surface area contributed by atoms with Gasteiger partial charge in [-0.2, -0.15) is 4.31 Å². The third-order valence-electron chi connectivity index (χ3n) is 6.21. The van der Waals surface area contributed by atoms with Crippen LogP contribution in [-0.2, 0) is 21.2 Å². The lowest BCUT2D eigenvalue weighted by Gasteiger charge is -2.34. The standard InChI is InChI=1S/C24H29ClN2O5S/c1-15-7-10-21(31-4)23-19(15)6-5-11-27(23)24(28)18-8-9-20(25)22(12-18)33(29,30)26-13-16(2)32-17(3)14-26/h7-10,12,16-17H,5-6,11,13-14H2,1-4H3. The molecule has 2 atom stereocenters. The summed E-state index contributed by atoms with van der Waals surface area (Å²) in [7, 11) is -2.32. The molecule has 0 N–H and O–H groups in total. The van der Waals surface area contributed by atoms with Crippen molar-refractivity contribution in [3.05, 3.63) is 52.0 Å². The molecule has 0 radical (unpaired) electrons. The van der Waals surface area contributed by atoms with E-state index in [-0.39, 0.29) is 46.7 Å². The van der Waals surface area contributed by atoms with Gasteiger partial charge in [-0.1, -0.05) is 17.7 Å². The molecular weight excluding hydrogens is 464 g/mol. The number of amides is 1. The maximum Gasteiger partial charge on any atom is 0.258 e. The summed E-state index contributed by atoms with van der Waals surface area (Å²) < 4.78 is 39.5. The lowest BCUT2D eigenvalue weighted by Crippen LogP contribution is -2.48. The number of hydrogen-bond acceptors (Lipinski definition) is 5. The molecule has 0 saturated carbocycles. The molecule has 0 aliphatic carbocycles. The van der Waals surface area contributed by atoms with E-state index in [1.54, 1.807) is 18.1 Å². The first-order valence-electron chi connectivity index (χ1n) is 11.1. The smallest absolute Gasteiger partial charge is 0.258 e. The zero-order valence-corrected chi connectivity index (χ0v) is 20.9. The number of methoxy groups -OCH3 is 1. The zero-order chi connectivity index (χ0) is 23.9. The van der Waals surface area contributed by atoms with E-state index in [1.807, 2.05) is 32.9 Å². The van der Waals surface area contributed by atoms with Gasteiger partial charge < -0.3 is 14.4 Å². The van der Waals surface area contributed by atoms with Crippen LogP contribution in [0.25, 0.3) is 0 Å². The predicted octanol–water partition coefficient (Wildman–Crippen LogP) is 4.05. The Bertz CT molecular complexity index is 1170. The van der Waals surface area contributed by atoms with E-state index in [0.717, 1.165) is 29.7 Å². The molecule has 1 saturated heterocycles. The van der Waals surface area contributed by atoms with Crippen molar-refractivity contribution in [3.8, 4) is 5.75 Å². The number of carbonyl (C=O) groups is 1. The minimum absolute atomic E-state index is 0.0650. The third kappa shape index (κ3) is 4.49. The van der Waals surface area contributed by atoms with Crippen molar-refractivity contribution in [1.82, 2.24) is 4.31 Å². The van der Waals surface area contributed by atoms with E-state index in [4.69, 9.17) is 21.1 Å². The largest absolute Gasteiger partial charge is 0.495 e. The molecule has 0 bridgehead atoms. The number of fused-ring (bicyclic) bond motifs is 1. The summed E-state index contributed by atoms with van der Waals surface area (Å²) in [5.41, 5.74) is 3.19. The summed E-state index contributed by atoms with van der Waals surface area (Å²) in [6, 6.07) is 8.29. The SMILES string of the molecule is COc1ccc(C)c2c1N(C(=O)c1ccc(Cl)c(S(=O)(=O)N3CC(C)OC(C)C3)c1)CCC2. The number of morpholine rings is 1. The molecule has 2 aromatic carbocycles. The highest BCUT2D eigenvalue weighted by Gasteiger charge is 2.35. The van der Waals surface area contributed by atoms with Crippen molar-refractivity contribution in [3.63, 3.8) is 0 Å². The summed E-state index contributed by atoms with van der Waals surface area (Å²) in [4.78, 5) is 15.2.